The van der Waals surface area contributed by atoms with Gasteiger partial charge in [-0.25, -0.2) is 18.1 Å². The molecule has 5 rings (SSSR count). The van der Waals surface area contributed by atoms with Gasteiger partial charge in [-0.1, -0.05) is 24.3 Å². The zero-order valence-corrected chi connectivity index (χ0v) is 17.6. The van der Waals surface area contributed by atoms with Gasteiger partial charge < -0.3 is 11.1 Å². The van der Waals surface area contributed by atoms with Gasteiger partial charge in [0.2, 0.25) is 10.0 Å². The Morgan fingerprint density at radius 3 is 2.65 bits per heavy atom. The van der Waals surface area contributed by atoms with Crippen LogP contribution in [0.3, 0.4) is 0 Å². The summed E-state index contributed by atoms with van der Waals surface area (Å²) < 4.78 is 27.9. The monoisotopic (exact) mass is 434 g/mol. The fourth-order valence-corrected chi connectivity index (χ4v) is 5.14. The number of rotatable bonds is 5. The van der Waals surface area contributed by atoms with Gasteiger partial charge in [0.25, 0.3) is 5.91 Å². The number of carbonyl (C=O) groups excluding carboxylic acids is 1. The van der Waals surface area contributed by atoms with Crippen LogP contribution in [0.5, 0.6) is 0 Å². The van der Waals surface area contributed by atoms with Crippen LogP contribution in [0.1, 0.15) is 28.8 Å². The minimum Gasteiger partial charge on any atom is -0.383 e. The number of nitrogen functional groups attached to an aromatic ring is 1. The highest BCUT2D eigenvalue weighted by atomic mass is 32.2. The summed E-state index contributed by atoms with van der Waals surface area (Å²) in [6.45, 7) is 0.610. The molecule has 0 atom stereocenters. The second-order valence-corrected chi connectivity index (χ2v) is 9.67. The Balaban J connectivity index is 1.52. The van der Waals surface area contributed by atoms with E-state index in [1.165, 1.54) is 0 Å². The van der Waals surface area contributed by atoms with Crippen LogP contribution in [0, 0.1) is 0 Å². The Morgan fingerprint density at radius 2 is 1.84 bits per heavy atom. The van der Waals surface area contributed by atoms with Crippen molar-refractivity contribution in [3.63, 3.8) is 0 Å². The molecular weight excluding hydrogens is 412 g/mol. The highest BCUT2D eigenvalue weighted by Gasteiger charge is 2.28. The van der Waals surface area contributed by atoms with Gasteiger partial charge >= 0.3 is 0 Å². The molecule has 1 fully saturated rings. The second kappa shape index (κ2) is 7.47. The Kier molecular flexibility index (Phi) is 4.75. The first-order valence-electron chi connectivity index (χ1n) is 10.2. The number of benzene rings is 2. The molecule has 1 aliphatic heterocycles. The van der Waals surface area contributed by atoms with Crippen molar-refractivity contribution in [1.82, 2.24) is 15.0 Å². The molecule has 2 heterocycles. The Labute approximate surface area is 180 Å². The van der Waals surface area contributed by atoms with Gasteiger partial charge in [-0.15, -0.1) is 0 Å². The molecule has 7 nitrogen and oxygen atoms in total. The molecule has 3 aromatic rings. The first kappa shape index (κ1) is 19.7. The number of anilines is 1. The van der Waals surface area contributed by atoms with Crippen LogP contribution >= 0.6 is 0 Å². The number of fused-ring (bicyclic) bond motifs is 1. The molecule has 0 radical (unpaired) electrons. The van der Waals surface area contributed by atoms with Crippen molar-refractivity contribution in [2.75, 3.05) is 12.3 Å². The zero-order chi connectivity index (χ0) is 21.6. The first-order chi connectivity index (χ1) is 14.9. The molecule has 2 aliphatic rings. The number of nitrogens with one attached hydrogen (secondary N) is 2. The average Bonchev–Trinajstić information content (AvgIpc) is 3.57. The Morgan fingerprint density at radius 1 is 1.00 bits per heavy atom. The molecule has 1 amide bonds. The first-order valence-corrected chi connectivity index (χ1v) is 11.7. The van der Waals surface area contributed by atoms with Crippen LogP contribution in [-0.4, -0.2) is 31.9 Å². The lowest BCUT2D eigenvalue weighted by Crippen LogP contribution is -2.31. The topological polar surface area (TPSA) is 114 Å². The number of hydrogen-bond acceptors (Lipinski definition) is 5. The molecule has 8 heteroatoms. The second-order valence-electron chi connectivity index (χ2n) is 7.96. The summed E-state index contributed by atoms with van der Waals surface area (Å²) in [5.74, 6) is 0.314. The third-order valence-electron chi connectivity index (χ3n) is 5.64. The van der Waals surface area contributed by atoms with E-state index in [1.807, 2.05) is 30.3 Å². The standard InChI is InChI=1S/C23H22N4O3S/c24-22-21(15-4-7-20-16(10-15)8-9-25-23(20)28)12-17(13-26-22)14-2-1-3-19(11-14)31(29,30)27-18-5-6-18/h1-4,7,10-13,18,27H,5-6,8-9H2,(H2,24,26)(H,25,28). The fourth-order valence-electron chi connectivity index (χ4n) is 3.79. The highest BCUT2D eigenvalue weighted by molar-refractivity contribution is 7.89. The van der Waals surface area contributed by atoms with Crippen molar-refractivity contribution in [3.8, 4) is 22.3 Å². The molecule has 1 aromatic heterocycles. The van der Waals surface area contributed by atoms with E-state index in [1.54, 1.807) is 24.4 Å². The smallest absolute Gasteiger partial charge is 0.251 e. The number of nitrogens with two attached hydrogens (primary N) is 1. The highest BCUT2D eigenvalue weighted by Crippen LogP contribution is 2.32. The number of sulfonamides is 1. The lowest BCUT2D eigenvalue weighted by Gasteiger charge is -2.18. The normalized spacial score (nSPS) is 15.9. The van der Waals surface area contributed by atoms with E-state index in [0.717, 1.165) is 47.1 Å². The number of nitrogens with zero attached hydrogens (tertiary/aromatic N) is 1. The van der Waals surface area contributed by atoms with E-state index in [4.69, 9.17) is 5.73 Å². The molecule has 0 unspecified atom stereocenters. The summed E-state index contributed by atoms with van der Waals surface area (Å²) in [4.78, 5) is 16.6. The molecule has 1 saturated carbocycles. The van der Waals surface area contributed by atoms with Crippen molar-refractivity contribution in [2.45, 2.75) is 30.2 Å². The largest absolute Gasteiger partial charge is 0.383 e. The van der Waals surface area contributed by atoms with Gasteiger partial charge in [-0.2, -0.15) is 0 Å². The molecule has 31 heavy (non-hydrogen) atoms. The Bertz CT molecular complexity index is 1300. The average molecular weight is 435 g/mol. The molecule has 4 N–H and O–H groups in total. The van der Waals surface area contributed by atoms with E-state index >= 15 is 0 Å². The van der Waals surface area contributed by atoms with Crippen molar-refractivity contribution in [3.05, 3.63) is 65.9 Å². The maximum atomic E-state index is 12.6. The molecule has 0 saturated heterocycles. The quantitative estimate of drug-likeness (QED) is 0.571. The van der Waals surface area contributed by atoms with Gasteiger partial charge in [-0.05, 0) is 60.2 Å². The van der Waals surface area contributed by atoms with E-state index < -0.39 is 10.0 Å². The summed E-state index contributed by atoms with van der Waals surface area (Å²) in [7, 11) is -3.55. The van der Waals surface area contributed by atoms with Crippen LogP contribution in [0.4, 0.5) is 5.82 Å². The van der Waals surface area contributed by atoms with E-state index in [9.17, 15) is 13.2 Å². The fraction of sp³-hybridized carbons (Fsp3) is 0.217. The maximum absolute atomic E-state index is 12.6. The molecule has 158 valence electrons. The zero-order valence-electron chi connectivity index (χ0n) is 16.8. The summed E-state index contributed by atoms with van der Waals surface area (Å²) in [6.07, 6.45) is 4.17. The lowest BCUT2D eigenvalue weighted by molar-refractivity contribution is 0.0946. The number of pyridine rings is 1. The molecular formula is C23H22N4O3S. The van der Waals surface area contributed by atoms with Gasteiger partial charge in [0.1, 0.15) is 5.82 Å². The predicted octanol–water partition coefficient (Wildman–Crippen LogP) is 2.72. The van der Waals surface area contributed by atoms with Crippen LogP contribution in [0.15, 0.2) is 59.6 Å². The van der Waals surface area contributed by atoms with E-state index in [2.05, 4.69) is 15.0 Å². The van der Waals surface area contributed by atoms with Crippen molar-refractivity contribution < 1.29 is 13.2 Å². The van der Waals surface area contributed by atoms with Crippen molar-refractivity contribution >= 4 is 21.7 Å². The summed E-state index contributed by atoms with van der Waals surface area (Å²) >= 11 is 0. The number of carbonyl (C=O) groups is 1. The van der Waals surface area contributed by atoms with E-state index in [0.29, 0.717) is 17.9 Å². The maximum Gasteiger partial charge on any atom is 0.251 e. The van der Waals surface area contributed by atoms with Crippen LogP contribution in [0.2, 0.25) is 0 Å². The minimum atomic E-state index is -3.55. The summed E-state index contributed by atoms with van der Waals surface area (Å²) in [5, 5.41) is 2.84. The molecule has 0 spiro atoms. The van der Waals surface area contributed by atoms with Crippen molar-refractivity contribution in [2.24, 2.45) is 0 Å². The minimum absolute atomic E-state index is 0.0459. The third kappa shape index (κ3) is 3.92. The SMILES string of the molecule is Nc1ncc(-c2cccc(S(=O)(=O)NC3CC3)c2)cc1-c1ccc2c(c1)CCNC2=O. The predicted molar refractivity (Wildman–Crippen MR) is 119 cm³/mol. The third-order valence-corrected chi connectivity index (χ3v) is 7.15. The van der Waals surface area contributed by atoms with Crippen LogP contribution < -0.4 is 15.8 Å². The van der Waals surface area contributed by atoms with E-state index in [-0.39, 0.29) is 16.8 Å². The lowest BCUT2D eigenvalue weighted by atomic mass is 9.94. The van der Waals surface area contributed by atoms with Gasteiger partial charge in [-0.3, -0.25) is 4.79 Å². The van der Waals surface area contributed by atoms with Gasteiger partial charge in [0.05, 0.1) is 4.90 Å². The molecule has 1 aliphatic carbocycles. The number of hydrogen-bond donors (Lipinski definition) is 3. The van der Waals surface area contributed by atoms with Crippen LogP contribution in [-0.2, 0) is 16.4 Å². The molecule has 2 aromatic carbocycles. The summed E-state index contributed by atoms with van der Waals surface area (Å²) in [6, 6.07) is 14.4. The van der Waals surface area contributed by atoms with Crippen LogP contribution in [0.25, 0.3) is 22.3 Å². The number of amides is 1. The number of aromatic nitrogens is 1. The van der Waals surface area contributed by atoms with Crippen molar-refractivity contribution in [1.29, 1.82) is 0 Å². The summed E-state index contributed by atoms with van der Waals surface area (Å²) in [5.41, 5.74) is 11.0. The van der Waals surface area contributed by atoms with Gasteiger partial charge in [0.15, 0.2) is 0 Å². The molecule has 0 bridgehead atoms. The van der Waals surface area contributed by atoms with Gasteiger partial charge in [0, 0.05) is 35.5 Å². The Hall–Kier alpha value is -3.23.